The van der Waals surface area contributed by atoms with E-state index in [4.69, 9.17) is 29.2 Å². The zero-order chi connectivity index (χ0) is 62.6. The van der Waals surface area contributed by atoms with E-state index in [1.54, 1.807) is 27.4 Å². The number of hydrogen-bond donors (Lipinski definition) is 13. The molecule has 0 spiro atoms. The number of aliphatic hydroxyl groups is 1. The van der Waals surface area contributed by atoms with Crippen LogP contribution in [0.4, 0.5) is 4.79 Å². The molecule has 5 amide bonds. The van der Waals surface area contributed by atoms with E-state index in [1.807, 2.05) is 43.0 Å². The van der Waals surface area contributed by atoms with Crippen molar-refractivity contribution in [2.45, 2.75) is 58.6 Å². The highest BCUT2D eigenvalue weighted by atomic mass is 16.6. The van der Waals surface area contributed by atoms with Gasteiger partial charge in [0.25, 0.3) is 5.91 Å². The fourth-order valence-electron chi connectivity index (χ4n) is 9.02. The van der Waals surface area contributed by atoms with E-state index >= 15 is 0 Å². The van der Waals surface area contributed by atoms with Crippen molar-refractivity contribution in [3.05, 3.63) is 53.3 Å². The number of aromatic nitrogens is 3. The lowest BCUT2D eigenvalue weighted by molar-refractivity contribution is -0.139. The van der Waals surface area contributed by atoms with Crippen molar-refractivity contribution >= 4 is 41.7 Å². The summed E-state index contributed by atoms with van der Waals surface area (Å²) in [5.41, 5.74) is 2.57. The number of ether oxygens (including phenoxy) is 4. The molecule has 0 saturated carbocycles. The number of aliphatic hydroxyl groups excluding tert-OH is 1. The van der Waals surface area contributed by atoms with Gasteiger partial charge in [-0.2, -0.15) is 0 Å². The second-order valence-corrected chi connectivity index (χ2v) is 20.7. The molecule has 30 nitrogen and oxygen atoms in total. The number of piperidine rings is 1. The average Bonchev–Trinajstić information content (AvgIpc) is 1.86. The van der Waals surface area contributed by atoms with Gasteiger partial charge in [0.15, 0.2) is 5.82 Å². The Morgan fingerprint density at radius 2 is 1.20 bits per heavy atom. The molecule has 1 unspecified atom stereocenters. The van der Waals surface area contributed by atoms with Gasteiger partial charge in [-0.25, -0.2) is 4.79 Å². The molecule has 1 atom stereocenters. The zero-order valence-electron chi connectivity index (χ0n) is 49.6. The van der Waals surface area contributed by atoms with Gasteiger partial charge in [-0.15, -0.1) is 10.2 Å². The topological polar surface area (TPSA) is 402 Å². The largest absolute Gasteiger partial charge is 0.508 e. The van der Waals surface area contributed by atoms with Crippen LogP contribution in [-0.4, -0.2) is 272 Å². The summed E-state index contributed by atoms with van der Waals surface area (Å²) < 4.78 is 23.7. The summed E-state index contributed by atoms with van der Waals surface area (Å²) in [7, 11) is 0. The SMILES string of the molecule is CC(=O)N1CCC(Cc2ccc(-n3c(C(=O)NCCNC(O)CCOCCOCCOCCOCCNC(=O)NCCNC(=O)CN(CCNCC(=O)O)CCN(CCNCC(=O)O)CC(=O)O)nnc3-c3cc(C(C)C)c(O)cc3O)cc2)CC1. The first-order valence-electron chi connectivity index (χ1n) is 29.0. The molecule has 13 N–H and O–H groups in total. The van der Waals surface area contributed by atoms with Crippen LogP contribution < -0.4 is 37.2 Å². The number of carbonyl (C=O) groups excluding carboxylic acids is 4. The first-order valence-corrected chi connectivity index (χ1v) is 29.0. The van der Waals surface area contributed by atoms with E-state index in [2.05, 4.69) is 47.4 Å². The van der Waals surface area contributed by atoms with Crippen LogP contribution in [0.5, 0.6) is 11.5 Å². The maximum absolute atomic E-state index is 13.7. The molecule has 1 aliphatic rings. The van der Waals surface area contributed by atoms with Gasteiger partial charge < -0.3 is 86.4 Å². The maximum atomic E-state index is 13.7. The highest BCUT2D eigenvalue weighted by Crippen LogP contribution is 2.38. The van der Waals surface area contributed by atoms with E-state index in [0.29, 0.717) is 55.8 Å². The van der Waals surface area contributed by atoms with E-state index in [0.717, 1.165) is 37.9 Å². The normalized spacial score (nSPS) is 13.1. The minimum atomic E-state index is -1.07. The molecule has 3 aromatic rings. The van der Waals surface area contributed by atoms with Crippen LogP contribution in [-0.2, 0) is 49.3 Å². The summed E-state index contributed by atoms with van der Waals surface area (Å²) in [6.07, 6.45) is 2.04. The van der Waals surface area contributed by atoms with Crippen LogP contribution in [0.2, 0.25) is 0 Å². The Kier molecular flexibility index (Phi) is 33.4. The van der Waals surface area contributed by atoms with Gasteiger partial charge in [0.05, 0.1) is 84.6 Å². The van der Waals surface area contributed by atoms with Crippen LogP contribution in [0.1, 0.15) is 67.7 Å². The number of amides is 5. The lowest BCUT2D eigenvalue weighted by Gasteiger charge is -2.31. The Hall–Kier alpha value is -7.13. The number of hydrogen-bond acceptors (Lipinski definition) is 21. The molecule has 1 aromatic heterocycles. The predicted octanol–water partition coefficient (Wildman–Crippen LogP) is -1.18. The van der Waals surface area contributed by atoms with Crippen molar-refractivity contribution in [2.75, 3.05) is 164 Å². The third-order valence-electron chi connectivity index (χ3n) is 13.6. The third kappa shape index (κ3) is 28.4. The zero-order valence-corrected chi connectivity index (χ0v) is 49.6. The second-order valence-electron chi connectivity index (χ2n) is 20.7. The minimum Gasteiger partial charge on any atom is -0.508 e. The molecule has 2 heterocycles. The fourth-order valence-corrected chi connectivity index (χ4v) is 9.02. The average molecular weight is 1220 g/mol. The van der Waals surface area contributed by atoms with Crippen LogP contribution in [0.25, 0.3) is 17.1 Å². The maximum Gasteiger partial charge on any atom is 0.317 e. The molecule has 1 aliphatic heterocycles. The van der Waals surface area contributed by atoms with Crippen molar-refractivity contribution < 1.29 is 83.1 Å². The molecular formula is C56H89N13O17. The Balaban J connectivity index is 1.03. The molecule has 2 aromatic carbocycles. The molecule has 1 saturated heterocycles. The van der Waals surface area contributed by atoms with Crippen molar-refractivity contribution in [3.8, 4) is 28.6 Å². The van der Waals surface area contributed by atoms with E-state index < -0.39 is 36.1 Å². The van der Waals surface area contributed by atoms with Crippen LogP contribution in [0.3, 0.4) is 0 Å². The van der Waals surface area contributed by atoms with Crippen molar-refractivity contribution in [1.29, 1.82) is 0 Å². The van der Waals surface area contributed by atoms with Crippen molar-refractivity contribution in [3.63, 3.8) is 0 Å². The van der Waals surface area contributed by atoms with E-state index in [-0.39, 0.29) is 165 Å². The third-order valence-corrected chi connectivity index (χ3v) is 13.6. The summed E-state index contributed by atoms with van der Waals surface area (Å²) in [6.45, 7) is 10.7. The monoisotopic (exact) mass is 1220 g/mol. The molecule has 30 heteroatoms. The summed E-state index contributed by atoms with van der Waals surface area (Å²) in [6, 6.07) is 10.2. The van der Waals surface area contributed by atoms with Crippen molar-refractivity contribution in [1.82, 2.24) is 66.7 Å². The predicted molar refractivity (Wildman–Crippen MR) is 313 cm³/mol. The molecule has 0 aliphatic carbocycles. The van der Waals surface area contributed by atoms with Gasteiger partial charge in [0, 0.05) is 110 Å². The lowest BCUT2D eigenvalue weighted by atomic mass is 9.90. The summed E-state index contributed by atoms with van der Waals surface area (Å²) in [4.78, 5) is 88.7. The highest BCUT2D eigenvalue weighted by molar-refractivity contribution is 5.92. The fraction of sp³-hybridized carbons (Fsp3) is 0.625. The highest BCUT2D eigenvalue weighted by Gasteiger charge is 2.26. The molecule has 0 bridgehead atoms. The first-order chi connectivity index (χ1) is 41.3. The standard InChI is InChI=1S/C56H89N13O17/c1-39(2)44-33-45(47(72)34-46(44)71)53-64-65-54(69(53)43-6-4-41(5-7-43)32-42-8-18-68(19-9-42)40(3)70)55(81)61-13-11-59-48(73)10-24-83-26-28-85-30-31-86-29-27-84-25-17-63-56(82)62-14-12-60-49(74)37-66(20-15-57-35-50(75)76)22-23-67(38-52(79)80)21-16-58-36-51(77)78/h4-7,33-34,39,42,48,57-59,71-73H,8-32,35-38H2,1-3H3,(H,60,74)(H,61,81)(H,75,76)(H,77,78)(H,79,80)(H2,62,63,82). The number of phenols is 2. The molecular weight excluding hydrogens is 1130 g/mol. The number of carbonyl (C=O) groups is 7. The van der Waals surface area contributed by atoms with Crippen molar-refractivity contribution in [2.24, 2.45) is 5.92 Å². The number of carboxylic acids is 3. The summed E-state index contributed by atoms with van der Waals surface area (Å²) in [5, 5.41) is 86.9. The van der Waals surface area contributed by atoms with Gasteiger partial charge in [0.1, 0.15) is 17.7 Å². The van der Waals surface area contributed by atoms with Gasteiger partial charge in [-0.05, 0) is 60.4 Å². The summed E-state index contributed by atoms with van der Waals surface area (Å²) >= 11 is 0. The van der Waals surface area contributed by atoms with Gasteiger partial charge >= 0.3 is 23.9 Å². The Labute approximate surface area is 500 Å². The Morgan fingerprint density at radius 1 is 0.640 bits per heavy atom. The molecule has 0 radical (unpaired) electrons. The first kappa shape index (κ1) is 71.4. The van der Waals surface area contributed by atoms with E-state index in [9.17, 15) is 54.0 Å². The number of aromatic hydroxyl groups is 2. The minimum absolute atomic E-state index is 0.0251. The number of aliphatic carboxylic acids is 3. The van der Waals surface area contributed by atoms with Gasteiger partial charge in [-0.3, -0.25) is 48.5 Å². The molecule has 86 heavy (non-hydrogen) atoms. The number of urea groups is 1. The van der Waals surface area contributed by atoms with Crippen LogP contribution in [0, 0.1) is 5.92 Å². The number of phenolic OH excluding ortho intramolecular Hbond substituents is 2. The molecule has 1 fully saturated rings. The number of rotatable bonds is 45. The lowest BCUT2D eigenvalue weighted by Crippen LogP contribution is -2.47. The quantitative estimate of drug-likeness (QED) is 0.0234. The smallest absolute Gasteiger partial charge is 0.317 e. The Bertz CT molecular complexity index is 2550. The number of benzene rings is 2. The van der Waals surface area contributed by atoms with Crippen LogP contribution in [0.15, 0.2) is 36.4 Å². The molecule has 4 rings (SSSR count). The van der Waals surface area contributed by atoms with E-state index in [1.165, 1.54) is 6.07 Å². The number of nitrogens with zero attached hydrogens (tertiary/aromatic N) is 6. The van der Waals surface area contributed by atoms with Gasteiger partial charge in [0.2, 0.25) is 17.6 Å². The number of carboxylic acid groups (broad SMARTS) is 3. The number of nitrogens with one attached hydrogen (secondary N) is 7. The van der Waals surface area contributed by atoms with Crippen LogP contribution >= 0.6 is 0 Å². The number of likely N-dealkylation sites (tertiary alicyclic amines) is 1. The second kappa shape index (κ2) is 40.3. The summed E-state index contributed by atoms with van der Waals surface area (Å²) in [5.74, 6) is -3.71. The Morgan fingerprint density at radius 3 is 1.78 bits per heavy atom. The molecule has 480 valence electrons. The van der Waals surface area contributed by atoms with Gasteiger partial charge in [-0.1, -0.05) is 26.0 Å².